The molecular formula is C18H20N2O. The zero-order chi connectivity index (χ0) is 14.0. The normalized spacial score (nSPS) is 31.1. The van der Waals surface area contributed by atoms with Crippen molar-refractivity contribution >= 4 is 16.8 Å². The molecule has 1 aromatic heterocycles. The molecule has 0 radical (unpaired) electrons. The number of H-pyrrole nitrogens is 1. The average Bonchev–Trinajstić information content (AvgIpc) is 3.02. The third-order valence-corrected chi connectivity index (χ3v) is 6.07. The summed E-state index contributed by atoms with van der Waals surface area (Å²) in [6, 6.07) is 8.62. The summed E-state index contributed by atoms with van der Waals surface area (Å²) >= 11 is 0. The van der Waals surface area contributed by atoms with Crippen LogP contribution >= 0.6 is 0 Å². The van der Waals surface area contributed by atoms with Gasteiger partial charge in [-0.3, -0.25) is 4.79 Å². The second-order valence-corrected chi connectivity index (χ2v) is 6.89. The number of nitrogens with one attached hydrogen (secondary N) is 1. The Kier molecular flexibility index (Phi) is 2.20. The van der Waals surface area contributed by atoms with Gasteiger partial charge in [0.2, 0.25) is 5.91 Å². The van der Waals surface area contributed by atoms with Crippen LogP contribution in [0.5, 0.6) is 0 Å². The molecule has 2 aromatic rings. The minimum Gasteiger partial charge on any atom is -0.356 e. The SMILES string of the molecule is O=C1C[C@H]2CCCC[C@@]23c2[nH]c4ccccc4c2CCN13. The molecule has 1 saturated heterocycles. The number of hydrogen-bond donors (Lipinski definition) is 1. The van der Waals surface area contributed by atoms with E-state index in [1.807, 2.05) is 0 Å². The molecule has 21 heavy (non-hydrogen) atoms. The summed E-state index contributed by atoms with van der Waals surface area (Å²) in [7, 11) is 0. The van der Waals surface area contributed by atoms with Crippen molar-refractivity contribution in [3.05, 3.63) is 35.5 Å². The zero-order valence-corrected chi connectivity index (χ0v) is 12.2. The lowest BCUT2D eigenvalue weighted by Gasteiger charge is -2.48. The number of nitrogens with zero attached hydrogens (tertiary/aromatic N) is 1. The summed E-state index contributed by atoms with van der Waals surface area (Å²) in [5, 5.41) is 1.37. The molecule has 0 bridgehead atoms. The molecule has 1 N–H and O–H groups in total. The van der Waals surface area contributed by atoms with Gasteiger partial charge in [-0.25, -0.2) is 0 Å². The van der Waals surface area contributed by atoms with Crippen molar-refractivity contribution in [2.75, 3.05) is 6.54 Å². The van der Waals surface area contributed by atoms with Gasteiger partial charge >= 0.3 is 0 Å². The van der Waals surface area contributed by atoms with Crippen molar-refractivity contribution in [1.29, 1.82) is 0 Å². The molecule has 1 spiro atoms. The van der Waals surface area contributed by atoms with Gasteiger partial charge in [0.05, 0.1) is 5.54 Å². The molecule has 108 valence electrons. The Morgan fingerprint density at radius 1 is 1.24 bits per heavy atom. The summed E-state index contributed by atoms with van der Waals surface area (Å²) in [4.78, 5) is 18.4. The van der Waals surface area contributed by atoms with Crippen LogP contribution < -0.4 is 0 Å². The van der Waals surface area contributed by atoms with Crippen LogP contribution in [0.15, 0.2) is 24.3 Å². The standard InChI is InChI=1S/C18H20N2O/c21-16-11-12-5-3-4-9-18(12)17-14(8-10-20(16)18)13-6-1-2-7-15(13)19-17/h1-2,6-7,12,19H,3-5,8-11H2/t12-,18+/m1/s1. The molecule has 2 atom stereocenters. The van der Waals surface area contributed by atoms with Crippen molar-refractivity contribution in [3.63, 3.8) is 0 Å². The van der Waals surface area contributed by atoms with E-state index in [0.29, 0.717) is 11.8 Å². The van der Waals surface area contributed by atoms with E-state index in [0.717, 1.165) is 25.8 Å². The second-order valence-electron chi connectivity index (χ2n) is 6.89. The van der Waals surface area contributed by atoms with Crippen molar-refractivity contribution < 1.29 is 4.79 Å². The number of carbonyl (C=O) groups excluding carboxylic acids is 1. The summed E-state index contributed by atoms with van der Waals surface area (Å²) in [6.07, 6.45) is 6.63. The monoisotopic (exact) mass is 280 g/mol. The lowest BCUT2D eigenvalue weighted by Crippen LogP contribution is -2.52. The van der Waals surface area contributed by atoms with Gasteiger partial charge in [-0.15, -0.1) is 0 Å². The highest BCUT2D eigenvalue weighted by Crippen LogP contribution is 2.55. The van der Waals surface area contributed by atoms with E-state index in [1.54, 1.807) is 0 Å². The van der Waals surface area contributed by atoms with Crippen LogP contribution in [0, 0.1) is 5.92 Å². The van der Waals surface area contributed by atoms with E-state index in [4.69, 9.17) is 0 Å². The van der Waals surface area contributed by atoms with Crippen LogP contribution in [0.3, 0.4) is 0 Å². The van der Waals surface area contributed by atoms with Gasteiger partial charge in [-0.2, -0.15) is 0 Å². The van der Waals surface area contributed by atoms with Gasteiger partial charge in [0.25, 0.3) is 0 Å². The van der Waals surface area contributed by atoms with Gasteiger partial charge in [-0.05, 0) is 36.8 Å². The molecule has 1 amide bonds. The van der Waals surface area contributed by atoms with E-state index >= 15 is 0 Å². The lowest BCUT2D eigenvalue weighted by molar-refractivity contribution is -0.132. The molecule has 0 unspecified atom stereocenters. The van der Waals surface area contributed by atoms with Crippen LogP contribution in [0.25, 0.3) is 10.9 Å². The Labute approximate surface area is 124 Å². The molecule has 1 saturated carbocycles. The largest absolute Gasteiger partial charge is 0.356 e. The summed E-state index contributed by atoms with van der Waals surface area (Å²) in [6.45, 7) is 0.907. The van der Waals surface area contributed by atoms with Gasteiger partial charge in [0.1, 0.15) is 0 Å². The first-order chi connectivity index (χ1) is 10.3. The summed E-state index contributed by atoms with van der Waals surface area (Å²) in [5.41, 5.74) is 4.07. The van der Waals surface area contributed by atoms with E-state index in [-0.39, 0.29) is 5.54 Å². The number of benzene rings is 1. The second kappa shape index (κ2) is 3.90. The molecule has 5 rings (SSSR count). The predicted octanol–water partition coefficient (Wildman–Crippen LogP) is 3.34. The number of rotatable bonds is 0. The molecule has 3 nitrogen and oxygen atoms in total. The van der Waals surface area contributed by atoms with Crippen molar-refractivity contribution in [1.82, 2.24) is 9.88 Å². The number of aromatic amines is 1. The van der Waals surface area contributed by atoms with Crippen LogP contribution in [-0.4, -0.2) is 22.3 Å². The maximum Gasteiger partial charge on any atom is 0.223 e. The van der Waals surface area contributed by atoms with E-state index in [2.05, 4.69) is 34.1 Å². The Bertz CT molecular complexity index is 747. The summed E-state index contributed by atoms with van der Waals surface area (Å²) < 4.78 is 0. The fraction of sp³-hybridized carbons (Fsp3) is 0.500. The highest BCUT2D eigenvalue weighted by Gasteiger charge is 2.57. The van der Waals surface area contributed by atoms with Crippen molar-refractivity contribution in [3.8, 4) is 0 Å². The van der Waals surface area contributed by atoms with Crippen LogP contribution in [0.2, 0.25) is 0 Å². The van der Waals surface area contributed by atoms with Gasteiger partial charge in [0, 0.05) is 29.6 Å². The molecule has 3 heterocycles. The third kappa shape index (κ3) is 1.32. The highest BCUT2D eigenvalue weighted by molar-refractivity contribution is 5.88. The average molecular weight is 280 g/mol. The highest BCUT2D eigenvalue weighted by atomic mass is 16.2. The Balaban J connectivity index is 1.80. The maximum absolute atomic E-state index is 12.5. The first kappa shape index (κ1) is 11.8. The van der Waals surface area contributed by atoms with Crippen LogP contribution in [0.1, 0.15) is 43.4 Å². The van der Waals surface area contributed by atoms with Crippen LogP contribution in [0.4, 0.5) is 0 Å². The quantitative estimate of drug-likeness (QED) is 0.789. The van der Waals surface area contributed by atoms with Crippen LogP contribution in [-0.2, 0) is 16.8 Å². The zero-order valence-electron chi connectivity index (χ0n) is 12.2. The number of amides is 1. The Hall–Kier alpha value is -1.77. The van der Waals surface area contributed by atoms with E-state index < -0.39 is 0 Å². The van der Waals surface area contributed by atoms with Crippen molar-refractivity contribution in [2.45, 2.75) is 44.1 Å². The third-order valence-electron chi connectivity index (χ3n) is 6.07. The fourth-order valence-electron chi connectivity index (χ4n) is 5.24. The maximum atomic E-state index is 12.5. The van der Waals surface area contributed by atoms with Gasteiger partial charge in [0.15, 0.2) is 0 Å². The number of carbonyl (C=O) groups is 1. The summed E-state index contributed by atoms with van der Waals surface area (Å²) in [5.74, 6) is 0.900. The fourth-order valence-corrected chi connectivity index (χ4v) is 5.24. The predicted molar refractivity (Wildman–Crippen MR) is 82.0 cm³/mol. The molecular weight excluding hydrogens is 260 g/mol. The smallest absolute Gasteiger partial charge is 0.223 e. The van der Waals surface area contributed by atoms with E-state index in [1.165, 1.54) is 41.4 Å². The Morgan fingerprint density at radius 3 is 3.10 bits per heavy atom. The van der Waals surface area contributed by atoms with Gasteiger partial charge in [-0.1, -0.05) is 31.0 Å². The topological polar surface area (TPSA) is 36.1 Å². The molecule has 3 aliphatic rings. The van der Waals surface area contributed by atoms with E-state index in [9.17, 15) is 4.79 Å². The van der Waals surface area contributed by atoms with Crippen molar-refractivity contribution in [2.24, 2.45) is 5.92 Å². The molecule has 1 aliphatic carbocycles. The number of fused-ring (bicyclic) bond motifs is 3. The van der Waals surface area contributed by atoms with Gasteiger partial charge < -0.3 is 9.88 Å². The lowest BCUT2D eigenvalue weighted by atomic mass is 9.69. The molecule has 2 aliphatic heterocycles. The number of aromatic nitrogens is 1. The number of hydrogen-bond acceptors (Lipinski definition) is 1. The first-order valence-electron chi connectivity index (χ1n) is 8.21. The Morgan fingerprint density at radius 2 is 2.14 bits per heavy atom. The molecule has 1 aromatic carbocycles. The minimum atomic E-state index is -0.0120. The molecule has 2 fully saturated rings. The number of para-hydroxylation sites is 1. The minimum absolute atomic E-state index is 0.0120. The first-order valence-corrected chi connectivity index (χ1v) is 8.21. The molecule has 3 heteroatoms.